The molecule has 1 heterocycles. The molecule has 0 amide bonds. The molecule has 3 fully saturated rings. The number of methoxy groups -OCH3 is 2. The molecule has 0 unspecified atom stereocenters. The van der Waals surface area contributed by atoms with Crippen molar-refractivity contribution in [1.82, 2.24) is 0 Å². The molecule has 1 N–H and O–H groups in total. The van der Waals surface area contributed by atoms with Gasteiger partial charge in [-0.3, -0.25) is 14.4 Å². The van der Waals surface area contributed by atoms with E-state index in [4.69, 9.17) is 14.2 Å². The minimum atomic E-state index is -1.43. The van der Waals surface area contributed by atoms with E-state index in [1.807, 2.05) is 34.6 Å². The molecule has 0 radical (unpaired) electrons. The van der Waals surface area contributed by atoms with Crippen LogP contribution >= 0.6 is 0 Å². The van der Waals surface area contributed by atoms with Crippen LogP contribution in [-0.4, -0.2) is 49.3 Å². The van der Waals surface area contributed by atoms with Crippen molar-refractivity contribution in [2.45, 2.75) is 73.0 Å². The number of hydrogen-bond donors (Lipinski definition) is 1. The Kier molecular flexibility index (Phi) is 4.53. The molecule has 5 rings (SSSR count). The zero-order chi connectivity index (χ0) is 25.2. The number of carbonyl (C=O) groups is 3. The standard InChI is InChI=1S/C27H36O7/c1-13-11-16-24(5,27(22(31)33-8)20(32-7)14(2)19(29)25(13,27)6)12-15-18-23(3,4)17(28)9-10-26(16,18)21(30)34-15/h11,15-18,28H,9-10,12H2,1-8H3/t15-,16-,17-,18+,24-,25-,26+,27+/m0/s1. The zero-order valence-corrected chi connectivity index (χ0v) is 21.4. The third-order valence-electron chi connectivity index (χ3n) is 10.9. The first-order valence-electron chi connectivity index (χ1n) is 12.2. The first-order chi connectivity index (χ1) is 15.7. The second kappa shape index (κ2) is 6.54. The van der Waals surface area contributed by atoms with Crippen LogP contribution in [0.3, 0.4) is 0 Å². The average molecular weight is 473 g/mol. The summed E-state index contributed by atoms with van der Waals surface area (Å²) in [4.78, 5) is 41.6. The van der Waals surface area contributed by atoms with Gasteiger partial charge in [0.15, 0.2) is 5.78 Å². The highest BCUT2D eigenvalue weighted by Crippen LogP contribution is 2.79. The van der Waals surface area contributed by atoms with E-state index in [1.165, 1.54) is 14.2 Å². The summed E-state index contributed by atoms with van der Waals surface area (Å²) in [5.41, 5.74) is -3.80. The molecule has 1 aliphatic heterocycles. The topological polar surface area (TPSA) is 99.1 Å². The van der Waals surface area contributed by atoms with Gasteiger partial charge >= 0.3 is 11.9 Å². The van der Waals surface area contributed by atoms with Crippen molar-refractivity contribution in [3.8, 4) is 0 Å². The van der Waals surface area contributed by atoms with Crippen LogP contribution in [0, 0.1) is 38.9 Å². The largest absolute Gasteiger partial charge is 0.499 e. The van der Waals surface area contributed by atoms with Crippen LogP contribution < -0.4 is 0 Å². The van der Waals surface area contributed by atoms with Crippen molar-refractivity contribution in [2.75, 3.05) is 14.2 Å². The highest BCUT2D eigenvalue weighted by molar-refractivity contribution is 6.11. The van der Waals surface area contributed by atoms with Crippen LogP contribution in [0.5, 0.6) is 0 Å². The number of Topliss-reactive ketones (excluding diaryl/α,β-unsaturated/α-hetero) is 1. The number of rotatable bonds is 2. The Balaban J connectivity index is 1.88. The fourth-order valence-electron chi connectivity index (χ4n) is 9.46. The van der Waals surface area contributed by atoms with Gasteiger partial charge in [0.2, 0.25) is 0 Å². The minimum absolute atomic E-state index is 0.151. The maximum absolute atomic E-state index is 14.0. The SMILES string of the molecule is COC(=O)[C@@]12C(OC)=C(C)C(=O)[C@]1(C)C(C)=C[C@@H]1[C@]34CC[C@H](O)C(C)(C)[C@H]3[C@H](C[C@@]12C)OC4=O. The van der Waals surface area contributed by atoms with Crippen LogP contribution in [0.2, 0.25) is 0 Å². The minimum Gasteiger partial charge on any atom is -0.499 e. The van der Waals surface area contributed by atoms with Crippen molar-refractivity contribution in [3.05, 3.63) is 23.0 Å². The zero-order valence-electron chi connectivity index (χ0n) is 21.4. The van der Waals surface area contributed by atoms with Crippen molar-refractivity contribution in [3.63, 3.8) is 0 Å². The fourth-order valence-corrected chi connectivity index (χ4v) is 9.46. The van der Waals surface area contributed by atoms with Gasteiger partial charge in [0.1, 0.15) is 17.3 Å². The van der Waals surface area contributed by atoms with Crippen molar-refractivity contribution < 1.29 is 33.7 Å². The van der Waals surface area contributed by atoms with Crippen LogP contribution in [0.1, 0.15) is 60.8 Å². The van der Waals surface area contributed by atoms with E-state index >= 15 is 0 Å². The molecule has 0 aromatic heterocycles. The number of fused-ring (bicyclic) bond motifs is 3. The molecule has 7 heteroatoms. The molecular formula is C27H36O7. The lowest BCUT2D eigenvalue weighted by atomic mass is 9.33. The van der Waals surface area contributed by atoms with Crippen LogP contribution in [0.25, 0.3) is 0 Å². The van der Waals surface area contributed by atoms with Gasteiger partial charge in [-0.2, -0.15) is 0 Å². The number of carbonyl (C=O) groups excluding carboxylic acids is 3. The van der Waals surface area contributed by atoms with E-state index in [-0.39, 0.29) is 23.6 Å². The monoisotopic (exact) mass is 472 g/mol. The molecule has 2 saturated carbocycles. The molecule has 5 aliphatic rings. The maximum atomic E-state index is 14.0. The predicted molar refractivity (Wildman–Crippen MR) is 122 cm³/mol. The summed E-state index contributed by atoms with van der Waals surface area (Å²) in [7, 11) is 2.84. The van der Waals surface area contributed by atoms with Crippen LogP contribution in [0.4, 0.5) is 0 Å². The number of aliphatic hydroxyl groups is 1. The molecular weight excluding hydrogens is 436 g/mol. The predicted octanol–water partition coefficient (Wildman–Crippen LogP) is 3.35. The molecule has 2 bridgehead atoms. The molecule has 0 aromatic rings. The summed E-state index contributed by atoms with van der Waals surface area (Å²) in [6, 6.07) is 0. The van der Waals surface area contributed by atoms with Crippen molar-refractivity contribution in [1.29, 1.82) is 0 Å². The quantitative estimate of drug-likeness (QED) is 0.486. The second-order valence-electron chi connectivity index (χ2n) is 12.1. The fraction of sp³-hybridized carbons (Fsp3) is 0.741. The average Bonchev–Trinajstić information content (AvgIpc) is 3.13. The summed E-state index contributed by atoms with van der Waals surface area (Å²) >= 11 is 0. The normalized spacial score (nSPS) is 48.4. The maximum Gasteiger partial charge on any atom is 0.321 e. The number of esters is 2. The van der Waals surface area contributed by atoms with Gasteiger partial charge < -0.3 is 19.3 Å². The molecule has 8 atom stereocenters. The Morgan fingerprint density at radius 2 is 1.79 bits per heavy atom. The van der Waals surface area contributed by atoms with Gasteiger partial charge in [0.05, 0.1) is 31.2 Å². The molecule has 34 heavy (non-hydrogen) atoms. The lowest BCUT2D eigenvalue weighted by Crippen LogP contribution is -2.70. The number of allylic oxidation sites excluding steroid dienone is 3. The summed E-state index contributed by atoms with van der Waals surface area (Å²) in [6.07, 6.45) is 2.34. The number of aliphatic hydroxyl groups excluding tert-OH is 1. The van der Waals surface area contributed by atoms with Crippen LogP contribution in [-0.2, 0) is 28.6 Å². The number of ether oxygens (including phenoxy) is 3. The van der Waals surface area contributed by atoms with Gasteiger partial charge in [-0.1, -0.05) is 32.4 Å². The molecule has 186 valence electrons. The highest BCUT2D eigenvalue weighted by Gasteiger charge is 2.84. The summed E-state index contributed by atoms with van der Waals surface area (Å²) in [5.74, 6) is -1.18. The van der Waals surface area contributed by atoms with E-state index in [0.29, 0.717) is 30.6 Å². The summed E-state index contributed by atoms with van der Waals surface area (Å²) in [5, 5.41) is 10.9. The number of ketones is 1. The Morgan fingerprint density at radius 3 is 2.38 bits per heavy atom. The van der Waals surface area contributed by atoms with Gasteiger partial charge in [-0.05, 0) is 45.4 Å². The lowest BCUT2D eigenvalue weighted by Gasteiger charge is -2.66. The molecule has 7 nitrogen and oxygen atoms in total. The molecule has 0 aromatic carbocycles. The molecule has 1 saturated heterocycles. The number of hydrogen-bond acceptors (Lipinski definition) is 7. The van der Waals surface area contributed by atoms with E-state index in [0.717, 1.165) is 5.57 Å². The van der Waals surface area contributed by atoms with E-state index in [9.17, 15) is 19.5 Å². The smallest absolute Gasteiger partial charge is 0.321 e. The highest BCUT2D eigenvalue weighted by atomic mass is 16.6. The Hall–Kier alpha value is -2.15. The molecule has 4 aliphatic carbocycles. The second-order valence-corrected chi connectivity index (χ2v) is 12.1. The summed E-state index contributed by atoms with van der Waals surface area (Å²) in [6.45, 7) is 11.4. The Morgan fingerprint density at radius 1 is 1.15 bits per heavy atom. The van der Waals surface area contributed by atoms with E-state index in [2.05, 4.69) is 6.08 Å². The van der Waals surface area contributed by atoms with Gasteiger partial charge in [0, 0.05) is 22.8 Å². The third kappa shape index (κ3) is 2.02. The van der Waals surface area contributed by atoms with Crippen LogP contribution in [0.15, 0.2) is 23.0 Å². The van der Waals surface area contributed by atoms with Gasteiger partial charge in [-0.25, -0.2) is 0 Å². The lowest BCUT2D eigenvalue weighted by molar-refractivity contribution is -0.213. The third-order valence-corrected chi connectivity index (χ3v) is 10.9. The van der Waals surface area contributed by atoms with E-state index < -0.39 is 45.3 Å². The first-order valence-corrected chi connectivity index (χ1v) is 12.2. The Bertz CT molecular complexity index is 1080. The molecule has 0 spiro atoms. The Labute approximate surface area is 200 Å². The van der Waals surface area contributed by atoms with E-state index in [1.54, 1.807) is 6.92 Å². The van der Waals surface area contributed by atoms with Gasteiger partial charge in [0.25, 0.3) is 0 Å². The van der Waals surface area contributed by atoms with Crippen molar-refractivity contribution >= 4 is 17.7 Å². The summed E-state index contributed by atoms with van der Waals surface area (Å²) < 4.78 is 17.4. The first kappa shape index (κ1) is 23.6. The van der Waals surface area contributed by atoms with Gasteiger partial charge in [-0.15, -0.1) is 0 Å². The van der Waals surface area contributed by atoms with Crippen molar-refractivity contribution in [2.24, 2.45) is 38.9 Å².